The first kappa shape index (κ1) is 27.1. The second kappa shape index (κ2) is 11.4. The highest BCUT2D eigenvalue weighted by molar-refractivity contribution is 6.22. The molecule has 188 valence electrons. The Kier molecular flexibility index (Phi) is 9.06. The number of aryl methyl sites for hydroxylation is 1. The van der Waals surface area contributed by atoms with Crippen molar-refractivity contribution < 1.29 is 28.7 Å². The molecule has 2 rings (SSSR count). The lowest BCUT2D eigenvalue weighted by molar-refractivity contribution is 0.0497. The van der Waals surface area contributed by atoms with E-state index in [0.717, 1.165) is 12.0 Å². The zero-order valence-electron chi connectivity index (χ0n) is 21.0. The Morgan fingerprint density at radius 3 is 2.21 bits per heavy atom. The van der Waals surface area contributed by atoms with Crippen molar-refractivity contribution in [3.63, 3.8) is 0 Å². The molecule has 1 aliphatic rings. The van der Waals surface area contributed by atoms with Gasteiger partial charge in [-0.25, -0.2) is 9.59 Å². The number of fused-ring (bicyclic) bond motifs is 1. The van der Waals surface area contributed by atoms with Crippen LogP contribution < -0.4 is 16.0 Å². The fourth-order valence-electron chi connectivity index (χ4n) is 3.61. The number of ether oxygens (including phenoxy) is 2. The third kappa shape index (κ3) is 9.03. The normalized spacial score (nSPS) is 14.2. The van der Waals surface area contributed by atoms with E-state index in [2.05, 4.69) is 16.0 Å². The minimum absolute atomic E-state index is 0.201. The summed E-state index contributed by atoms with van der Waals surface area (Å²) < 4.78 is 10.6. The second-order valence-electron chi connectivity index (χ2n) is 10.4. The van der Waals surface area contributed by atoms with Gasteiger partial charge in [-0.05, 0) is 85.3 Å². The average molecular weight is 476 g/mol. The monoisotopic (exact) mass is 475 g/mol. The number of hydrogen-bond acceptors (Lipinski definition) is 6. The molecule has 0 spiro atoms. The number of nitrogens with one attached hydrogen (secondary N) is 3. The minimum Gasteiger partial charge on any atom is -0.444 e. The summed E-state index contributed by atoms with van der Waals surface area (Å²) in [5, 5.41) is 7.98. The van der Waals surface area contributed by atoms with Gasteiger partial charge in [-0.1, -0.05) is 12.1 Å². The maximum Gasteiger partial charge on any atom is 0.407 e. The molecule has 3 N–H and O–H groups in total. The molecule has 34 heavy (non-hydrogen) atoms. The summed E-state index contributed by atoms with van der Waals surface area (Å²) in [6.45, 7) is 11.3. The van der Waals surface area contributed by atoms with Crippen molar-refractivity contribution in [2.24, 2.45) is 0 Å². The van der Waals surface area contributed by atoms with E-state index in [-0.39, 0.29) is 17.9 Å². The van der Waals surface area contributed by atoms with E-state index in [1.54, 1.807) is 53.7 Å². The zero-order chi connectivity index (χ0) is 25.5. The predicted octanol–water partition coefficient (Wildman–Crippen LogP) is 4.09. The van der Waals surface area contributed by atoms with Crippen molar-refractivity contribution in [1.29, 1.82) is 0 Å². The Bertz CT molecular complexity index is 914. The smallest absolute Gasteiger partial charge is 0.407 e. The molecule has 1 atom stereocenters. The van der Waals surface area contributed by atoms with Gasteiger partial charge in [-0.3, -0.25) is 14.9 Å². The summed E-state index contributed by atoms with van der Waals surface area (Å²) in [6.07, 6.45) is 2.25. The maximum absolute atomic E-state index is 12.4. The van der Waals surface area contributed by atoms with Crippen molar-refractivity contribution in [2.75, 3.05) is 6.54 Å². The number of hydrogen-bond donors (Lipinski definition) is 3. The molecule has 0 aromatic heterocycles. The summed E-state index contributed by atoms with van der Waals surface area (Å²) in [5.74, 6) is -0.775. The lowest BCUT2D eigenvalue weighted by atomic mass is 9.95. The van der Waals surface area contributed by atoms with Gasteiger partial charge in [0.05, 0.1) is 11.1 Å². The van der Waals surface area contributed by atoms with Gasteiger partial charge in [0.2, 0.25) is 0 Å². The lowest BCUT2D eigenvalue weighted by Crippen LogP contribution is -2.39. The quantitative estimate of drug-likeness (QED) is 0.365. The molecule has 0 aliphatic carbocycles. The molecule has 1 unspecified atom stereocenters. The molecule has 1 aromatic rings. The Balaban J connectivity index is 1.94. The van der Waals surface area contributed by atoms with Gasteiger partial charge in [-0.15, -0.1) is 0 Å². The highest BCUT2D eigenvalue weighted by Crippen LogP contribution is 2.22. The maximum atomic E-state index is 12.4. The van der Waals surface area contributed by atoms with Gasteiger partial charge >= 0.3 is 12.2 Å². The van der Waals surface area contributed by atoms with Gasteiger partial charge in [-0.2, -0.15) is 0 Å². The number of alkyl carbamates (subject to hydrolysis) is 2. The van der Waals surface area contributed by atoms with Gasteiger partial charge in [0.15, 0.2) is 0 Å². The van der Waals surface area contributed by atoms with E-state index in [9.17, 15) is 19.2 Å². The Hall–Kier alpha value is -3.10. The molecule has 0 radical (unpaired) electrons. The number of imide groups is 1. The van der Waals surface area contributed by atoms with Crippen LogP contribution in [0.2, 0.25) is 0 Å². The molecule has 1 aromatic carbocycles. The number of carbonyl (C=O) groups is 4. The third-order valence-electron chi connectivity index (χ3n) is 4.98. The van der Waals surface area contributed by atoms with Crippen LogP contribution in [-0.4, -0.2) is 47.8 Å². The van der Waals surface area contributed by atoms with E-state index in [1.807, 2.05) is 6.07 Å². The molecule has 4 amide bonds. The minimum atomic E-state index is -0.620. The topological polar surface area (TPSA) is 123 Å². The Morgan fingerprint density at radius 2 is 1.56 bits per heavy atom. The molecule has 1 aliphatic heterocycles. The molecular formula is C25H37N3O6. The summed E-state index contributed by atoms with van der Waals surface area (Å²) in [5.41, 5.74) is 0.386. The van der Waals surface area contributed by atoms with E-state index in [1.165, 1.54) is 0 Å². The third-order valence-corrected chi connectivity index (χ3v) is 4.98. The number of rotatable bonds is 9. The van der Waals surface area contributed by atoms with Gasteiger partial charge < -0.3 is 20.1 Å². The van der Waals surface area contributed by atoms with Crippen LogP contribution in [0, 0.1) is 0 Å². The van der Waals surface area contributed by atoms with Crippen molar-refractivity contribution in [2.45, 2.75) is 90.9 Å². The number of carbonyl (C=O) groups excluding carboxylic acids is 4. The van der Waals surface area contributed by atoms with E-state index in [4.69, 9.17) is 9.47 Å². The lowest BCUT2D eigenvalue weighted by Gasteiger charge is -2.24. The first-order chi connectivity index (χ1) is 15.7. The summed E-state index contributed by atoms with van der Waals surface area (Å²) >= 11 is 0. The molecule has 9 nitrogen and oxygen atoms in total. The van der Waals surface area contributed by atoms with Gasteiger partial charge in [0.1, 0.15) is 11.2 Å². The van der Waals surface area contributed by atoms with Crippen molar-refractivity contribution in [1.82, 2.24) is 16.0 Å². The van der Waals surface area contributed by atoms with Gasteiger partial charge in [0.25, 0.3) is 11.8 Å². The van der Waals surface area contributed by atoms with E-state index >= 15 is 0 Å². The summed E-state index contributed by atoms with van der Waals surface area (Å²) in [4.78, 5) is 48.3. The van der Waals surface area contributed by atoms with Crippen LogP contribution >= 0.6 is 0 Å². The fraction of sp³-hybridized carbons (Fsp3) is 0.600. The van der Waals surface area contributed by atoms with Crippen LogP contribution in [0.3, 0.4) is 0 Å². The highest BCUT2D eigenvalue weighted by atomic mass is 16.6. The number of unbranched alkanes of at least 4 members (excludes halogenated alkanes) is 1. The van der Waals surface area contributed by atoms with E-state index in [0.29, 0.717) is 43.4 Å². The Morgan fingerprint density at radius 1 is 0.912 bits per heavy atom. The molecule has 0 saturated carbocycles. The first-order valence-corrected chi connectivity index (χ1v) is 11.7. The number of amides is 4. The molecule has 1 heterocycles. The molecule has 0 saturated heterocycles. The predicted molar refractivity (Wildman–Crippen MR) is 128 cm³/mol. The van der Waals surface area contributed by atoms with Crippen LogP contribution in [0.15, 0.2) is 18.2 Å². The van der Waals surface area contributed by atoms with Crippen molar-refractivity contribution in [3.05, 3.63) is 34.9 Å². The zero-order valence-corrected chi connectivity index (χ0v) is 21.0. The van der Waals surface area contributed by atoms with Crippen molar-refractivity contribution >= 4 is 24.0 Å². The van der Waals surface area contributed by atoms with E-state index < -0.39 is 23.4 Å². The van der Waals surface area contributed by atoms with Crippen LogP contribution in [0.25, 0.3) is 0 Å². The second-order valence-corrected chi connectivity index (χ2v) is 10.4. The first-order valence-electron chi connectivity index (χ1n) is 11.7. The molecule has 0 bridgehead atoms. The summed E-state index contributed by atoms with van der Waals surface area (Å²) in [6, 6.07) is 5.01. The Labute approximate surface area is 201 Å². The summed E-state index contributed by atoms with van der Waals surface area (Å²) in [7, 11) is 0. The fourth-order valence-corrected chi connectivity index (χ4v) is 3.61. The van der Waals surface area contributed by atoms with Crippen LogP contribution in [0.1, 0.15) is 93.5 Å². The van der Waals surface area contributed by atoms with Crippen LogP contribution in [-0.2, 0) is 15.9 Å². The molecule has 9 heteroatoms. The highest BCUT2D eigenvalue weighted by Gasteiger charge is 2.29. The van der Waals surface area contributed by atoms with Crippen LogP contribution in [0.4, 0.5) is 9.59 Å². The van der Waals surface area contributed by atoms with Crippen molar-refractivity contribution in [3.8, 4) is 0 Å². The average Bonchev–Trinajstić information content (AvgIpc) is 2.97. The van der Waals surface area contributed by atoms with Crippen LogP contribution in [0.5, 0.6) is 0 Å². The molecular weight excluding hydrogens is 438 g/mol. The largest absolute Gasteiger partial charge is 0.444 e. The number of benzene rings is 1. The standard InChI is InChI=1S/C25H37N3O6/c1-24(2,3)33-22(31)26-15-8-7-11-17(27-23(32)34-25(4,5)6)14-13-16-10-9-12-18-19(16)21(30)28-20(18)29/h9-10,12,17H,7-8,11,13-15H2,1-6H3,(H,26,31)(H,27,32)(H,28,29,30). The molecule has 0 fully saturated rings. The van der Waals surface area contributed by atoms with Gasteiger partial charge in [0, 0.05) is 12.6 Å². The SMILES string of the molecule is CC(C)(C)OC(=O)NCCCCC(CCc1cccc2c1C(=O)NC2=O)NC(=O)OC(C)(C)C.